The quantitative estimate of drug-likeness (QED) is 0.652. The van der Waals surface area contributed by atoms with Gasteiger partial charge >= 0.3 is 0 Å². The minimum absolute atomic E-state index is 0.0905. The molecule has 0 aliphatic heterocycles. The first-order chi connectivity index (χ1) is 6.18. The molecular weight excluding hydrogens is 188 g/mol. The number of para-hydroxylation sites is 1. The first kappa shape index (κ1) is 8.32. The minimum Gasteiger partial charge on any atom is -0.451 e. The molecule has 2 nitrogen and oxygen atoms in total. The maximum absolute atomic E-state index is 11.0. The second-order valence-corrected chi connectivity index (χ2v) is 3.23. The van der Waals surface area contributed by atoms with Crippen molar-refractivity contribution in [2.45, 2.75) is 6.92 Å². The predicted octanol–water partition coefficient (Wildman–Crippen LogP) is 3.29. The Morgan fingerprint density at radius 3 is 2.85 bits per heavy atom. The Hall–Kier alpha value is -1.28. The van der Waals surface area contributed by atoms with Crippen LogP contribution in [0.15, 0.2) is 28.7 Å². The molecule has 1 aromatic heterocycles. The van der Waals surface area contributed by atoms with Crippen LogP contribution >= 0.6 is 11.6 Å². The number of carbonyl (C=O) groups excluding carboxylic acids is 1. The lowest BCUT2D eigenvalue weighted by Crippen LogP contribution is -1.85. The third kappa shape index (κ3) is 1.33. The molecular formula is C10H7ClO2. The molecule has 0 spiro atoms. The number of hydrogen-bond donors (Lipinski definition) is 0. The topological polar surface area (TPSA) is 30.2 Å². The number of hydrogen-bond acceptors (Lipinski definition) is 2. The maximum atomic E-state index is 11.0. The number of furan rings is 1. The zero-order valence-electron chi connectivity index (χ0n) is 7.00. The lowest BCUT2D eigenvalue weighted by Gasteiger charge is -1.89. The normalized spacial score (nSPS) is 10.6. The Bertz CT molecular complexity index is 471. The van der Waals surface area contributed by atoms with Crippen molar-refractivity contribution in [3.05, 3.63) is 35.0 Å². The molecule has 0 aliphatic carbocycles. The molecule has 0 N–H and O–H groups in total. The molecule has 3 heteroatoms. The van der Waals surface area contributed by atoms with E-state index in [0.29, 0.717) is 16.4 Å². The molecule has 0 bridgehead atoms. The van der Waals surface area contributed by atoms with E-state index < -0.39 is 0 Å². The fraction of sp³-hybridized carbons (Fsp3) is 0.100. The van der Waals surface area contributed by atoms with Gasteiger partial charge in [-0.3, -0.25) is 4.79 Å². The predicted molar refractivity (Wildman–Crippen MR) is 51.2 cm³/mol. The molecule has 13 heavy (non-hydrogen) atoms. The van der Waals surface area contributed by atoms with Crippen LogP contribution < -0.4 is 0 Å². The second kappa shape index (κ2) is 2.89. The molecule has 0 radical (unpaired) electrons. The molecule has 0 unspecified atom stereocenters. The highest BCUT2D eigenvalue weighted by Gasteiger charge is 2.09. The SMILES string of the molecule is CC(=O)c1cc2cccc(Cl)c2o1. The molecule has 1 aromatic carbocycles. The summed E-state index contributed by atoms with van der Waals surface area (Å²) in [6.45, 7) is 1.46. The van der Waals surface area contributed by atoms with Crippen molar-refractivity contribution in [2.75, 3.05) is 0 Å². The number of rotatable bonds is 1. The van der Waals surface area contributed by atoms with E-state index in [1.807, 2.05) is 12.1 Å². The molecule has 66 valence electrons. The van der Waals surface area contributed by atoms with Crippen molar-refractivity contribution >= 4 is 28.4 Å². The highest BCUT2D eigenvalue weighted by atomic mass is 35.5. The van der Waals surface area contributed by atoms with Gasteiger partial charge in [-0.15, -0.1) is 0 Å². The molecule has 0 amide bonds. The summed E-state index contributed by atoms with van der Waals surface area (Å²) >= 11 is 5.87. The third-order valence-electron chi connectivity index (χ3n) is 1.84. The van der Waals surface area contributed by atoms with Gasteiger partial charge in [-0.05, 0) is 12.1 Å². The lowest BCUT2D eigenvalue weighted by atomic mass is 10.2. The number of fused-ring (bicyclic) bond motifs is 1. The van der Waals surface area contributed by atoms with Gasteiger partial charge in [-0.25, -0.2) is 0 Å². The molecule has 0 atom stereocenters. The molecule has 0 aliphatic rings. The van der Waals surface area contributed by atoms with E-state index in [1.165, 1.54) is 6.92 Å². The van der Waals surface area contributed by atoms with Crippen LogP contribution in [0, 0.1) is 0 Å². The highest BCUT2D eigenvalue weighted by Crippen LogP contribution is 2.26. The van der Waals surface area contributed by atoms with Crippen LogP contribution in [0.1, 0.15) is 17.5 Å². The van der Waals surface area contributed by atoms with Gasteiger partial charge in [0.2, 0.25) is 0 Å². The van der Waals surface area contributed by atoms with Crippen molar-refractivity contribution in [3.63, 3.8) is 0 Å². The number of benzene rings is 1. The standard InChI is InChI=1S/C10H7ClO2/c1-6(12)9-5-7-3-2-4-8(11)10(7)13-9/h2-5H,1H3. The average Bonchev–Trinajstić information content (AvgIpc) is 2.49. The average molecular weight is 195 g/mol. The zero-order valence-corrected chi connectivity index (χ0v) is 7.76. The molecule has 2 aromatic rings. The van der Waals surface area contributed by atoms with Crippen LogP contribution in [0.2, 0.25) is 5.02 Å². The maximum Gasteiger partial charge on any atom is 0.194 e. The Morgan fingerprint density at radius 1 is 1.46 bits per heavy atom. The van der Waals surface area contributed by atoms with Gasteiger partial charge in [-0.2, -0.15) is 0 Å². The van der Waals surface area contributed by atoms with Crippen molar-refractivity contribution in [3.8, 4) is 0 Å². The minimum atomic E-state index is -0.0905. The van der Waals surface area contributed by atoms with Crippen LogP contribution in [-0.2, 0) is 0 Å². The van der Waals surface area contributed by atoms with Crippen LogP contribution in [0.4, 0.5) is 0 Å². The summed E-state index contributed by atoms with van der Waals surface area (Å²) < 4.78 is 5.28. The monoisotopic (exact) mass is 194 g/mol. The van der Waals surface area contributed by atoms with Crippen molar-refractivity contribution in [1.82, 2.24) is 0 Å². The molecule has 1 heterocycles. The van der Waals surface area contributed by atoms with Gasteiger partial charge in [0, 0.05) is 12.3 Å². The number of carbonyl (C=O) groups is 1. The van der Waals surface area contributed by atoms with Crippen LogP contribution in [0.25, 0.3) is 11.0 Å². The molecule has 0 saturated carbocycles. The summed E-state index contributed by atoms with van der Waals surface area (Å²) in [5.74, 6) is 0.260. The Kier molecular flexibility index (Phi) is 1.85. The Labute approximate surface area is 80.1 Å². The summed E-state index contributed by atoms with van der Waals surface area (Å²) in [6.07, 6.45) is 0. The second-order valence-electron chi connectivity index (χ2n) is 2.83. The third-order valence-corrected chi connectivity index (χ3v) is 2.14. The van der Waals surface area contributed by atoms with Gasteiger partial charge in [0.25, 0.3) is 0 Å². The van der Waals surface area contributed by atoms with Crippen molar-refractivity contribution < 1.29 is 9.21 Å². The fourth-order valence-corrected chi connectivity index (χ4v) is 1.42. The van der Waals surface area contributed by atoms with Crippen molar-refractivity contribution in [1.29, 1.82) is 0 Å². The van der Waals surface area contributed by atoms with Crippen molar-refractivity contribution in [2.24, 2.45) is 0 Å². The molecule has 2 rings (SSSR count). The van der Waals surface area contributed by atoms with Gasteiger partial charge in [0.1, 0.15) is 0 Å². The number of Topliss-reactive ketones (excluding diaryl/α,β-unsaturated/α-hetero) is 1. The fourth-order valence-electron chi connectivity index (χ4n) is 1.20. The van der Waals surface area contributed by atoms with E-state index in [-0.39, 0.29) is 5.78 Å². The first-order valence-electron chi connectivity index (χ1n) is 3.87. The number of halogens is 1. The number of ketones is 1. The summed E-state index contributed by atoms with van der Waals surface area (Å²) in [5.41, 5.74) is 0.578. The largest absolute Gasteiger partial charge is 0.451 e. The zero-order chi connectivity index (χ0) is 9.42. The summed E-state index contributed by atoms with van der Waals surface area (Å²) in [7, 11) is 0. The van der Waals surface area contributed by atoms with Gasteiger partial charge in [0.15, 0.2) is 17.1 Å². The Morgan fingerprint density at radius 2 is 2.23 bits per heavy atom. The van der Waals surface area contributed by atoms with E-state index in [1.54, 1.807) is 12.1 Å². The van der Waals surface area contributed by atoms with E-state index in [4.69, 9.17) is 16.0 Å². The first-order valence-corrected chi connectivity index (χ1v) is 4.25. The molecule has 0 fully saturated rings. The van der Waals surface area contributed by atoms with E-state index >= 15 is 0 Å². The smallest absolute Gasteiger partial charge is 0.194 e. The van der Waals surface area contributed by atoms with Gasteiger partial charge in [-0.1, -0.05) is 23.7 Å². The Balaban J connectivity index is 2.75. The summed E-state index contributed by atoms with van der Waals surface area (Å²) in [6, 6.07) is 7.11. The van der Waals surface area contributed by atoms with Gasteiger partial charge in [0.05, 0.1) is 5.02 Å². The van der Waals surface area contributed by atoms with E-state index in [0.717, 1.165) is 5.39 Å². The van der Waals surface area contributed by atoms with E-state index in [9.17, 15) is 4.79 Å². The van der Waals surface area contributed by atoms with Crippen LogP contribution in [0.5, 0.6) is 0 Å². The summed E-state index contributed by atoms with van der Waals surface area (Å²) in [5, 5.41) is 1.39. The van der Waals surface area contributed by atoms with Crippen LogP contribution in [-0.4, -0.2) is 5.78 Å². The lowest BCUT2D eigenvalue weighted by molar-refractivity contribution is 0.0989. The molecule has 0 saturated heterocycles. The summed E-state index contributed by atoms with van der Waals surface area (Å²) in [4.78, 5) is 11.0. The van der Waals surface area contributed by atoms with E-state index in [2.05, 4.69) is 0 Å². The van der Waals surface area contributed by atoms with Gasteiger partial charge < -0.3 is 4.42 Å². The highest BCUT2D eigenvalue weighted by molar-refractivity contribution is 6.34. The van der Waals surface area contributed by atoms with Crippen LogP contribution in [0.3, 0.4) is 0 Å².